The monoisotopic (exact) mass is 544 g/mol. The Bertz CT molecular complexity index is 362. The van der Waals surface area contributed by atoms with Crippen molar-refractivity contribution < 1.29 is 51.8 Å². The molecular weight excluding hydrogens is 491 g/mol. The van der Waals surface area contributed by atoms with Gasteiger partial charge in [-0.3, -0.25) is 0 Å². The molecule has 0 saturated heterocycles. The van der Waals surface area contributed by atoms with Gasteiger partial charge in [0.05, 0.1) is 126 Å². The number of halogens is 1. The van der Waals surface area contributed by atoms with E-state index in [4.69, 9.17) is 47.4 Å². The van der Waals surface area contributed by atoms with Crippen LogP contribution in [0.4, 0.5) is 4.39 Å². The molecule has 0 aliphatic heterocycles. The molecule has 11 heteroatoms. The van der Waals surface area contributed by atoms with Crippen molar-refractivity contribution in [2.45, 2.75) is 32.6 Å². The molecule has 224 valence electrons. The summed E-state index contributed by atoms with van der Waals surface area (Å²) in [5.74, 6) is 0. The molecule has 0 aromatic rings. The minimum atomic E-state index is -0.470. The highest BCUT2D eigenvalue weighted by molar-refractivity contribution is 4.41. The lowest BCUT2D eigenvalue weighted by Gasteiger charge is -2.09. The van der Waals surface area contributed by atoms with Crippen LogP contribution in [0.25, 0.3) is 0 Å². The van der Waals surface area contributed by atoms with Crippen molar-refractivity contribution in [2.75, 3.05) is 139 Å². The van der Waals surface area contributed by atoms with Gasteiger partial charge in [0, 0.05) is 6.61 Å². The molecule has 0 radical (unpaired) electrons. The van der Waals surface area contributed by atoms with E-state index >= 15 is 0 Å². The van der Waals surface area contributed by atoms with Gasteiger partial charge in [-0.05, 0) is 6.42 Å². The van der Waals surface area contributed by atoms with E-state index in [0.717, 1.165) is 13.0 Å². The van der Waals surface area contributed by atoms with E-state index < -0.39 is 6.67 Å². The van der Waals surface area contributed by atoms with Crippen LogP contribution in [0.1, 0.15) is 32.6 Å². The Morgan fingerprint density at radius 3 is 0.784 bits per heavy atom. The van der Waals surface area contributed by atoms with Crippen LogP contribution in [-0.2, 0) is 47.4 Å². The van der Waals surface area contributed by atoms with E-state index in [1.54, 1.807) is 0 Å². The van der Waals surface area contributed by atoms with Gasteiger partial charge in [0.2, 0.25) is 0 Å². The van der Waals surface area contributed by atoms with Gasteiger partial charge in [0.1, 0.15) is 6.67 Å². The van der Waals surface area contributed by atoms with Crippen molar-refractivity contribution in [3.8, 4) is 0 Å². The molecule has 0 aromatic carbocycles. The normalized spacial score (nSPS) is 11.5. The Kier molecular flexibility index (Phi) is 35.1. The number of unbranched alkanes of at least 4 members (excludes halogenated alkanes) is 3. The predicted molar refractivity (Wildman–Crippen MR) is 138 cm³/mol. The minimum absolute atomic E-state index is 0.118. The lowest BCUT2D eigenvalue weighted by atomic mass is 10.2. The highest BCUT2D eigenvalue weighted by atomic mass is 19.1. The molecule has 0 atom stereocenters. The first-order chi connectivity index (χ1) is 18.4. The molecule has 0 unspecified atom stereocenters. The van der Waals surface area contributed by atoms with Gasteiger partial charge in [-0.1, -0.05) is 26.2 Å². The van der Waals surface area contributed by atoms with Crippen molar-refractivity contribution in [1.82, 2.24) is 0 Å². The van der Waals surface area contributed by atoms with Crippen LogP contribution in [-0.4, -0.2) is 139 Å². The fraction of sp³-hybridized carbons (Fsp3) is 1.00. The third-order valence-corrected chi connectivity index (χ3v) is 4.71. The van der Waals surface area contributed by atoms with Gasteiger partial charge < -0.3 is 47.4 Å². The van der Waals surface area contributed by atoms with E-state index in [2.05, 4.69) is 6.92 Å². The number of hydrogen-bond acceptors (Lipinski definition) is 10. The Morgan fingerprint density at radius 1 is 0.297 bits per heavy atom. The molecule has 0 aromatic heterocycles. The molecule has 37 heavy (non-hydrogen) atoms. The third-order valence-electron chi connectivity index (χ3n) is 4.71. The Labute approximate surface area is 223 Å². The molecule has 0 spiro atoms. The van der Waals surface area contributed by atoms with Crippen molar-refractivity contribution >= 4 is 0 Å². The maximum absolute atomic E-state index is 11.8. The first-order valence-electron chi connectivity index (χ1n) is 13.7. The van der Waals surface area contributed by atoms with Gasteiger partial charge in [-0.2, -0.15) is 0 Å². The zero-order chi connectivity index (χ0) is 26.7. The van der Waals surface area contributed by atoms with E-state index in [1.165, 1.54) is 19.3 Å². The topological polar surface area (TPSA) is 92.3 Å². The molecule has 0 rings (SSSR count). The van der Waals surface area contributed by atoms with Crippen LogP contribution in [0.15, 0.2) is 0 Å². The summed E-state index contributed by atoms with van der Waals surface area (Å²) in [5.41, 5.74) is 0. The molecule has 0 aliphatic carbocycles. The lowest BCUT2D eigenvalue weighted by molar-refractivity contribution is -0.0265. The second-order valence-corrected chi connectivity index (χ2v) is 7.87. The maximum Gasteiger partial charge on any atom is 0.113 e. The van der Waals surface area contributed by atoms with Gasteiger partial charge in [-0.15, -0.1) is 0 Å². The number of ether oxygens (including phenoxy) is 10. The smallest absolute Gasteiger partial charge is 0.113 e. The van der Waals surface area contributed by atoms with Crippen LogP contribution in [0, 0.1) is 0 Å². The highest BCUT2D eigenvalue weighted by Gasteiger charge is 1.96. The zero-order valence-corrected chi connectivity index (χ0v) is 23.1. The fourth-order valence-corrected chi connectivity index (χ4v) is 2.77. The van der Waals surface area contributed by atoms with Crippen molar-refractivity contribution in [1.29, 1.82) is 0 Å². The van der Waals surface area contributed by atoms with E-state index in [-0.39, 0.29) is 6.61 Å². The summed E-state index contributed by atoms with van der Waals surface area (Å²) < 4.78 is 65.6. The molecule has 10 nitrogen and oxygen atoms in total. The molecule has 0 fully saturated rings. The molecular formula is C26H53FO10. The van der Waals surface area contributed by atoms with E-state index in [9.17, 15) is 4.39 Å². The predicted octanol–water partition coefficient (Wildman–Crippen LogP) is 2.70. The molecule has 0 bridgehead atoms. The average molecular weight is 545 g/mol. The molecule has 0 N–H and O–H groups in total. The highest BCUT2D eigenvalue weighted by Crippen LogP contribution is 1.98. The summed E-state index contributed by atoms with van der Waals surface area (Å²) in [6, 6.07) is 0. The standard InChI is InChI=1S/C26H53FO10/c1-2-3-4-5-7-28-9-11-30-13-15-32-17-19-34-21-23-36-25-26-37-24-22-35-20-18-33-16-14-31-12-10-29-8-6-27/h2-26H2,1H3. The summed E-state index contributed by atoms with van der Waals surface area (Å²) in [5, 5.41) is 0. The first kappa shape index (κ1) is 36.5. The van der Waals surface area contributed by atoms with Crippen molar-refractivity contribution in [2.24, 2.45) is 0 Å². The molecule has 0 saturated carbocycles. The van der Waals surface area contributed by atoms with Gasteiger partial charge in [-0.25, -0.2) is 4.39 Å². The van der Waals surface area contributed by atoms with Gasteiger partial charge in [0.25, 0.3) is 0 Å². The average Bonchev–Trinajstić information content (AvgIpc) is 2.91. The minimum Gasteiger partial charge on any atom is -0.379 e. The van der Waals surface area contributed by atoms with Crippen LogP contribution in [0.2, 0.25) is 0 Å². The largest absolute Gasteiger partial charge is 0.379 e. The summed E-state index contributed by atoms with van der Waals surface area (Å²) in [4.78, 5) is 0. The summed E-state index contributed by atoms with van der Waals surface area (Å²) in [7, 11) is 0. The van der Waals surface area contributed by atoms with Crippen molar-refractivity contribution in [3.05, 3.63) is 0 Å². The zero-order valence-electron chi connectivity index (χ0n) is 23.1. The van der Waals surface area contributed by atoms with Crippen LogP contribution < -0.4 is 0 Å². The van der Waals surface area contributed by atoms with Crippen molar-refractivity contribution in [3.63, 3.8) is 0 Å². The quantitative estimate of drug-likeness (QED) is 0.113. The Balaban J connectivity index is 3.00. The molecule has 0 heterocycles. The van der Waals surface area contributed by atoms with Crippen LogP contribution in [0.3, 0.4) is 0 Å². The lowest BCUT2D eigenvalue weighted by Crippen LogP contribution is -2.15. The SMILES string of the molecule is CCCCCCOCCOCCOCCOCCOCCOCCOCCOCCOCCOCCF. The van der Waals surface area contributed by atoms with Gasteiger partial charge in [0.15, 0.2) is 0 Å². The van der Waals surface area contributed by atoms with E-state index in [1.807, 2.05) is 0 Å². The molecule has 0 amide bonds. The number of rotatable bonds is 34. The summed E-state index contributed by atoms with van der Waals surface area (Å²) >= 11 is 0. The van der Waals surface area contributed by atoms with E-state index in [0.29, 0.717) is 119 Å². The second-order valence-electron chi connectivity index (χ2n) is 7.87. The summed E-state index contributed by atoms with van der Waals surface area (Å²) in [6.07, 6.45) is 4.89. The van der Waals surface area contributed by atoms with Crippen LogP contribution in [0.5, 0.6) is 0 Å². The fourth-order valence-electron chi connectivity index (χ4n) is 2.77. The maximum atomic E-state index is 11.8. The van der Waals surface area contributed by atoms with Crippen LogP contribution >= 0.6 is 0 Å². The second kappa shape index (κ2) is 35.5. The Morgan fingerprint density at radius 2 is 0.541 bits per heavy atom. The number of alkyl halides is 1. The number of hydrogen-bond donors (Lipinski definition) is 0. The summed E-state index contributed by atoms with van der Waals surface area (Å²) in [6.45, 7) is 12.0. The third kappa shape index (κ3) is 35.5. The first-order valence-corrected chi connectivity index (χ1v) is 13.7. The Hall–Kier alpha value is -0.470. The van der Waals surface area contributed by atoms with Gasteiger partial charge >= 0.3 is 0 Å². The molecule has 0 aliphatic rings.